The van der Waals surface area contributed by atoms with Crippen LogP contribution >= 0.6 is 0 Å². The second-order valence-electron chi connectivity index (χ2n) is 5.50. The van der Waals surface area contributed by atoms with Crippen molar-refractivity contribution in [3.63, 3.8) is 0 Å². The molecule has 2 fully saturated rings. The highest BCUT2D eigenvalue weighted by atomic mass is 19.1. The van der Waals surface area contributed by atoms with E-state index in [1.54, 1.807) is 18.2 Å². The number of aliphatic hydroxyl groups is 1. The van der Waals surface area contributed by atoms with Gasteiger partial charge in [0.2, 0.25) is 0 Å². The van der Waals surface area contributed by atoms with Crippen LogP contribution in [0.3, 0.4) is 0 Å². The molecule has 0 amide bonds. The number of ether oxygens (including phenoxy) is 1. The van der Waals surface area contributed by atoms with Crippen molar-refractivity contribution in [1.82, 2.24) is 0 Å². The molecule has 3 unspecified atom stereocenters. The first-order valence-corrected chi connectivity index (χ1v) is 6.74. The number of benzene rings is 1. The Bertz CT molecular complexity index is 434. The number of fused-ring (bicyclic) bond motifs is 1. The van der Waals surface area contributed by atoms with E-state index < -0.39 is 11.9 Å². The topological polar surface area (TPSA) is 29.5 Å². The van der Waals surface area contributed by atoms with E-state index in [9.17, 15) is 9.50 Å². The van der Waals surface area contributed by atoms with Crippen molar-refractivity contribution in [2.75, 3.05) is 7.11 Å². The average molecular weight is 250 g/mol. The fourth-order valence-corrected chi connectivity index (χ4v) is 3.64. The number of halogens is 1. The molecule has 1 N–H and O–H groups in total. The monoisotopic (exact) mass is 250 g/mol. The van der Waals surface area contributed by atoms with Gasteiger partial charge in [-0.1, -0.05) is 25.0 Å². The van der Waals surface area contributed by atoms with E-state index in [0.717, 1.165) is 0 Å². The van der Waals surface area contributed by atoms with Crippen LogP contribution < -0.4 is 4.74 Å². The van der Waals surface area contributed by atoms with Gasteiger partial charge in [0.1, 0.15) is 0 Å². The molecule has 2 saturated carbocycles. The molecule has 0 heterocycles. The van der Waals surface area contributed by atoms with Crippen LogP contribution in [-0.2, 0) is 0 Å². The fraction of sp³-hybridized carbons (Fsp3) is 0.600. The summed E-state index contributed by atoms with van der Waals surface area (Å²) in [5.74, 6) is 1.29. The molecule has 18 heavy (non-hydrogen) atoms. The van der Waals surface area contributed by atoms with Crippen molar-refractivity contribution in [2.24, 2.45) is 17.8 Å². The van der Waals surface area contributed by atoms with Crippen molar-refractivity contribution in [2.45, 2.75) is 31.8 Å². The van der Waals surface area contributed by atoms with Crippen molar-refractivity contribution < 1.29 is 14.2 Å². The Morgan fingerprint density at radius 3 is 2.56 bits per heavy atom. The highest BCUT2D eigenvalue weighted by Gasteiger charge is 2.54. The number of hydrogen-bond donors (Lipinski definition) is 1. The summed E-state index contributed by atoms with van der Waals surface area (Å²) < 4.78 is 19.1. The van der Waals surface area contributed by atoms with E-state index in [1.807, 2.05) is 0 Å². The first kappa shape index (κ1) is 12.0. The van der Waals surface area contributed by atoms with E-state index in [0.29, 0.717) is 17.4 Å². The number of methoxy groups -OCH3 is 1. The minimum absolute atomic E-state index is 0.218. The standard InChI is InChI=1S/C15H19FO2/c1-18-12-8-4-7-11(14(12)16)15(17)13-9-5-2-3-6-10(9)13/h4,7-10,13,15,17H,2-3,5-6H2,1H3. The predicted octanol–water partition coefficient (Wildman–Crippen LogP) is 3.30. The van der Waals surface area contributed by atoms with Gasteiger partial charge in [-0.25, -0.2) is 4.39 Å². The molecule has 0 spiro atoms. The average Bonchev–Trinajstić information content (AvgIpc) is 3.12. The van der Waals surface area contributed by atoms with Crippen LogP contribution in [-0.4, -0.2) is 12.2 Å². The molecule has 3 rings (SSSR count). The summed E-state index contributed by atoms with van der Waals surface area (Å²) in [5.41, 5.74) is 0.397. The third kappa shape index (κ3) is 1.81. The van der Waals surface area contributed by atoms with Crippen LogP contribution in [0, 0.1) is 23.6 Å². The Kier molecular flexibility index (Phi) is 3.02. The van der Waals surface area contributed by atoms with Crippen LogP contribution in [0.1, 0.15) is 37.4 Å². The Morgan fingerprint density at radius 2 is 1.94 bits per heavy atom. The van der Waals surface area contributed by atoms with E-state index in [2.05, 4.69) is 0 Å². The number of hydrogen-bond acceptors (Lipinski definition) is 2. The molecular formula is C15H19FO2. The quantitative estimate of drug-likeness (QED) is 0.891. The lowest BCUT2D eigenvalue weighted by molar-refractivity contribution is 0.137. The molecule has 2 aliphatic carbocycles. The van der Waals surface area contributed by atoms with E-state index in [-0.39, 0.29) is 11.7 Å². The second kappa shape index (κ2) is 4.54. The van der Waals surface area contributed by atoms with Crippen molar-refractivity contribution in [3.8, 4) is 5.75 Å². The Morgan fingerprint density at radius 1 is 1.28 bits per heavy atom. The molecule has 1 aromatic carbocycles. The number of rotatable bonds is 3. The van der Waals surface area contributed by atoms with Gasteiger partial charge in [0, 0.05) is 5.56 Å². The molecule has 0 radical (unpaired) electrons. The van der Waals surface area contributed by atoms with Gasteiger partial charge in [-0.15, -0.1) is 0 Å². The van der Waals surface area contributed by atoms with Crippen molar-refractivity contribution in [1.29, 1.82) is 0 Å². The normalized spacial score (nSPS) is 31.6. The third-order valence-electron chi connectivity index (χ3n) is 4.62. The Hall–Kier alpha value is -1.09. The van der Waals surface area contributed by atoms with Gasteiger partial charge in [-0.2, -0.15) is 0 Å². The molecule has 0 bridgehead atoms. The summed E-state index contributed by atoms with van der Waals surface area (Å²) in [6.07, 6.45) is 4.22. The molecule has 0 aliphatic heterocycles. The van der Waals surface area contributed by atoms with Gasteiger partial charge < -0.3 is 9.84 Å². The lowest BCUT2D eigenvalue weighted by Gasteiger charge is -2.13. The summed E-state index contributed by atoms with van der Waals surface area (Å²) in [5, 5.41) is 10.4. The summed E-state index contributed by atoms with van der Waals surface area (Å²) in [6.45, 7) is 0. The maximum Gasteiger partial charge on any atom is 0.170 e. The lowest BCUT2D eigenvalue weighted by Crippen LogP contribution is -2.06. The minimum atomic E-state index is -0.673. The zero-order valence-corrected chi connectivity index (χ0v) is 10.6. The second-order valence-corrected chi connectivity index (χ2v) is 5.50. The zero-order valence-electron chi connectivity index (χ0n) is 10.6. The fourth-order valence-electron chi connectivity index (χ4n) is 3.64. The van der Waals surface area contributed by atoms with Crippen LogP contribution in [0.25, 0.3) is 0 Å². The number of aliphatic hydroxyl groups excluding tert-OH is 1. The van der Waals surface area contributed by atoms with Crippen LogP contribution in [0.2, 0.25) is 0 Å². The van der Waals surface area contributed by atoms with Crippen molar-refractivity contribution in [3.05, 3.63) is 29.6 Å². The summed E-state index contributed by atoms with van der Waals surface area (Å²) >= 11 is 0. The molecular weight excluding hydrogens is 231 g/mol. The van der Waals surface area contributed by atoms with E-state index >= 15 is 0 Å². The molecule has 3 heteroatoms. The van der Waals surface area contributed by atoms with E-state index in [1.165, 1.54) is 32.8 Å². The molecule has 1 aromatic rings. The van der Waals surface area contributed by atoms with Gasteiger partial charge in [-0.05, 0) is 36.7 Å². The zero-order chi connectivity index (χ0) is 12.7. The third-order valence-corrected chi connectivity index (χ3v) is 4.62. The molecule has 0 saturated heterocycles. The molecule has 2 nitrogen and oxygen atoms in total. The van der Waals surface area contributed by atoms with Gasteiger partial charge >= 0.3 is 0 Å². The summed E-state index contributed by atoms with van der Waals surface area (Å²) in [4.78, 5) is 0. The minimum Gasteiger partial charge on any atom is -0.494 e. The van der Waals surface area contributed by atoms with Gasteiger partial charge in [-0.3, -0.25) is 0 Å². The molecule has 98 valence electrons. The first-order valence-electron chi connectivity index (χ1n) is 6.74. The van der Waals surface area contributed by atoms with Gasteiger partial charge in [0.05, 0.1) is 13.2 Å². The first-order chi connectivity index (χ1) is 8.74. The molecule has 2 aliphatic rings. The highest BCUT2D eigenvalue weighted by molar-refractivity contribution is 5.33. The maximum atomic E-state index is 14.1. The maximum absolute atomic E-state index is 14.1. The smallest absolute Gasteiger partial charge is 0.170 e. The predicted molar refractivity (Wildman–Crippen MR) is 66.8 cm³/mol. The van der Waals surface area contributed by atoms with Crippen LogP contribution in [0.15, 0.2) is 18.2 Å². The largest absolute Gasteiger partial charge is 0.494 e. The van der Waals surface area contributed by atoms with E-state index in [4.69, 9.17) is 4.74 Å². The Balaban J connectivity index is 1.82. The molecule has 0 aromatic heterocycles. The molecule has 3 atom stereocenters. The SMILES string of the molecule is COc1cccc(C(O)C2C3CCCCC32)c1F. The van der Waals surface area contributed by atoms with Crippen LogP contribution in [0.5, 0.6) is 5.75 Å². The van der Waals surface area contributed by atoms with Gasteiger partial charge in [0.15, 0.2) is 11.6 Å². The summed E-state index contributed by atoms with van der Waals surface area (Å²) in [6, 6.07) is 5.00. The summed E-state index contributed by atoms with van der Waals surface area (Å²) in [7, 11) is 1.45. The van der Waals surface area contributed by atoms with Crippen molar-refractivity contribution >= 4 is 0 Å². The highest BCUT2D eigenvalue weighted by Crippen LogP contribution is 2.60. The lowest BCUT2D eigenvalue weighted by atomic mass is 10.0. The van der Waals surface area contributed by atoms with Gasteiger partial charge in [0.25, 0.3) is 0 Å². The Labute approximate surface area is 107 Å². The van der Waals surface area contributed by atoms with Crippen LogP contribution in [0.4, 0.5) is 4.39 Å².